The van der Waals surface area contributed by atoms with Gasteiger partial charge >= 0.3 is 17.5 Å². The maximum atomic E-state index is 12.1. The minimum Gasteiger partial charge on any atom is -0.472 e. The largest absolute Gasteiger partial charge is 0.472 e. The fourth-order valence-corrected chi connectivity index (χ4v) is 3.86. The molecule has 1 saturated carbocycles. The van der Waals surface area contributed by atoms with Crippen LogP contribution in [0.3, 0.4) is 0 Å². The van der Waals surface area contributed by atoms with Crippen molar-refractivity contribution >= 4 is 20.0 Å². The van der Waals surface area contributed by atoms with Crippen LogP contribution in [0.4, 0.5) is 5.69 Å². The lowest BCUT2D eigenvalue weighted by Gasteiger charge is -2.36. The van der Waals surface area contributed by atoms with Crippen molar-refractivity contribution in [3.05, 3.63) is 15.8 Å². The summed E-state index contributed by atoms with van der Waals surface area (Å²) in [4.78, 5) is 23.1. The standard InChI is InChI=1S/C18H31N3O6Si/c1-13-14(21(23)24)15(19-20(13)18(9-10-18)16(22)25-5)26-11-8-12-27-28(6,7)17(2,3)4/h8-12H2,1-7H3. The number of rotatable bonds is 9. The monoisotopic (exact) mass is 413 g/mol. The summed E-state index contributed by atoms with van der Waals surface area (Å²) in [5.41, 5.74) is -0.864. The van der Waals surface area contributed by atoms with Crippen molar-refractivity contribution < 1.29 is 23.6 Å². The first kappa shape index (κ1) is 22.3. The normalized spacial score (nSPS) is 16.0. The van der Waals surface area contributed by atoms with Gasteiger partial charge in [0.2, 0.25) is 0 Å². The topological polar surface area (TPSA) is 106 Å². The van der Waals surface area contributed by atoms with Crippen LogP contribution in [-0.2, 0) is 19.5 Å². The van der Waals surface area contributed by atoms with Crippen molar-refractivity contribution in [2.75, 3.05) is 20.3 Å². The summed E-state index contributed by atoms with van der Waals surface area (Å²) < 4.78 is 17.9. The highest BCUT2D eigenvalue weighted by Gasteiger charge is 2.56. The van der Waals surface area contributed by atoms with Gasteiger partial charge in [0.1, 0.15) is 5.69 Å². The Bertz CT molecular complexity index is 749. The molecular weight excluding hydrogens is 382 g/mol. The van der Waals surface area contributed by atoms with Gasteiger partial charge in [0, 0.05) is 13.0 Å². The Balaban J connectivity index is 2.05. The van der Waals surface area contributed by atoms with Gasteiger partial charge in [-0.1, -0.05) is 20.8 Å². The van der Waals surface area contributed by atoms with Gasteiger partial charge in [-0.05, 0) is 37.9 Å². The highest BCUT2D eigenvalue weighted by atomic mass is 28.4. The number of hydrogen-bond acceptors (Lipinski definition) is 7. The molecule has 1 aromatic heterocycles. The summed E-state index contributed by atoms with van der Waals surface area (Å²) in [6, 6.07) is 0. The van der Waals surface area contributed by atoms with E-state index in [0.29, 0.717) is 31.6 Å². The number of hydrogen-bond donors (Lipinski definition) is 0. The van der Waals surface area contributed by atoms with Crippen LogP contribution in [-0.4, -0.2) is 49.3 Å². The number of ether oxygens (including phenoxy) is 2. The summed E-state index contributed by atoms with van der Waals surface area (Å²) >= 11 is 0. The Hall–Kier alpha value is -1.94. The summed E-state index contributed by atoms with van der Waals surface area (Å²) in [6.45, 7) is 13.2. The minimum absolute atomic E-state index is 0.0648. The molecule has 0 bridgehead atoms. The molecule has 28 heavy (non-hydrogen) atoms. The Kier molecular flexibility index (Phi) is 6.24. The molecule has 1 aliphatic carbocycles. The van der Waals surface area contributed by atoms with Crippen molar-refractivity contribution in [1.29, 1.82) is 0 Å². The molecule has 10 heteroatoms. The molecule has 1 aromatic rings. The first-order chi connectivity index (χ1) is 12.9. The lowest BCUT2D eigenvalue weighted by Crippen LogP contribution is -2.41. The Morgan fingerprint density at radius 2 is 1.93 bits per heavy atom. The van der Waals surface area contributed by atoms with E-state index in [1.807, 2.05) is 0 Å². The van der Waals surface area contributed by atoms with Gasteiger partial charge in [0.05, 0.1) is 18.6 Å². The van der Waals surface area contributed by atoms with Crippen LogP contribution in [0.5, 0.6) is 5.88 Å². The molecule has 0 amide bonds. The molecule has 2 rings (SSSR count). The Labute approximate surface area is 166 Å². The van der Waals surface area contributed by atoms with Crippen LogP contribution in [0, 0.1) is 17.0 Å². The first-order valence-corrected chi connectivity index (χ1v) is 12.4. The van der Waals surface area contributed by atoms with Crippen LogP contribution in [0.25, 0.3) is 0 Å². The second-order valence-corrected chi connectivity index (χ2v) is 13.6. The molecule has 1 aliphatic rings. The number of nitrogens with zero attached hydrogens (tertiary/aromatic N) is 3. The summed E-state index contributed by atoms with van der Waals surface area (Å²) in [7, 11) is -0.535. The molecule has 1 heterocycles. The summed E-state index contributed by atoms with van der Waals surface area (Å²) in [5, 5.41) is 15.9. The molecule has 0 unspecified atom stereocenters. The summed E-state index contributed by atoms with van der Waals surface area (Å²) in [5.74, 6) is -0.507. The van der Waals surface area contributed by atoms with Gasteiger partial charge in [-0.25, -0.2) is 9.48 Å². The van der Waals surface area contributed by atoms with E-state index in [9.17, 15) is 14.9 Å². The minimum atomic E-state index is -1.84. The van der Waals surface area contributed by atoms with E-state index in [4.69, 9.17) is 13.9 Å². The second-order valence-electron chi connectivity index (χ2n) is 8.74. The molecule has 158 valence electrons. The lowest BCUT2D eigenvalue weighted by atomic mass is 10.2. The van der Waals surface area contributed by atoms with Crippen molar-refractivity contribution in [3.63, 3.8) is 0 Å². The SMILES string of the molecule is COC(=O)C1(n2nc(OCCCO[Si](C)(C)C(C)(C)C)c([N+](=O)[O-])c2C)CC1. The van der Waals surface area contributed by atoms with Gasteiger partial charge in [-0.15, -0.1) is 5.10 Å². The number of carbonyl (C=O) groups is 1. The quantitative estimate of drug-likeness (QED) is 0.200. The molecule has 1 fully saturated rings. The number of esters is 1. The highest BCUT2D eigenvalue weighted by Crippen LogP contribution is 2.47. The van der Waals surface area contributed by atoms with E-state index in [-0.39, 0.29) is 23.2 Å². The van der Waals surface area contributed by atoms with Crippen LogP contribution in [0.1, 0.15) is 45.7 Å². The average molecular weight is 414 g/mol. The number of methoxy groups -OCH3 is 1. The number of aromatic nitrogens is 2. The molecule has 0 N–H and O–H groups in total. The number of carbonyl (C=O) groups excluding carboxylic acids is 1. The van der Waals surface area contributed by atoms with Crippen molar-refractivity contribution in [3.8, 4) is 5.88 Å². The van der Waals surface area contributed by atoms with E-state index < -0.39 is 24.7 Å². The van der Waals surface area contributed by atoms with Crippen LogP contribution < -0.4 is 4.74 Å². The lowest BCUT2D eigenvalue weighted by molar-refractivity contribution is -0.386. The third-order valence-corrected chi connectivity index (χ3v) is 10.3. The molecule has 0 aromatic carbocycles. The Morgan fingerprint density at radius 1 is 1.32 bits per heavy atom. The van der Waals surface area contributed by atoms with E-state index in [0.717, 1.165) is 0 Å². The fraction of sp³-hybridized carbons (Fsp3) is 0.778. The van der Waals surface area contributed by atoms with Crippen molar-refractivity contribution in [2.24, 2.45) is 0 Å². The van der Waals surface area contributed by atoms with E-state index >= 15 is 0 Å². The van der Waals surface area contributed by atoms with Gasteiger partial charge < -0.3 is 13.9 Å². The molecule has 0 saturated heterocycles. The maximum Gasteiger partial charge on any atom is 0.353 e. The molecule has 9 nitrogen and oxygen atoms in total. The van der Waals surface area contributed by atoms with Crippen LogP contribution in [0.2, 0.25) is 18.1 Å². The zero-order chi connectivity index (χ0) is 21.3. The maximum absolute atomic E-state index is 12.1. The first-order valence-electron chi connectivity index (χ1n) is 9.47. The van der Waals surface area contributed by atoms with Gasteiger partial charge in [0.25, 0.3) is 0 Å². The van der Waals surface area contributed by atoms with Gasteiger partial charge in [0.15, 0.2) is 13.9 Å². The molecule has 0 atom stereocenters. The van der Waals surface area contributed by atoms with Crippen LogP contribution in [0.15, 0.2) is 0 Å². The molecule has 0 radical (unpaired) electrons. The predicted octanol–water partition coefficient (Wildman–Crippen LogP) is 3.55. The molecule has 0 aliphatic heterocycles. The van der Waals surface area contributed by atoms with E-state index in [1.165, 1.54) is 11.8 Å². The second kappa shape index (κ2) is 7.82. The zero-order valence-electron chi connectivity index (χ0n) is 17.8. The van der Waals surface area contributed by atoms with E-state index in [1.54, 1.807) is 6.92 Å². The van der Waals surface area contributed by atoms with E-state index in [2.05, 4.69) is 39.0 Å². The third kappa shape index (κ3) is 4.22. The fourth-order valence-electron chi connectivity index (χ4n) is 2.77. The zero-order valence-corrected chi connectivity index (χ0v) is 18.8. The summed E-state index contributed by atoms with van der Waals surface area (Å²) in [6.07, 6.45) is 1.68. The smallest absolute Gasteiger partial charge is 0.353 e. The number of nitro groups is 1. The average Bonchev–Trinajstić information content (AvgIpc) is 3.31. The predicted molar refractivity (Wildman–Crippen MR) is 106 cm³/mol. The Morgan fingerprint density at radius 3 is 2.39 bits per heavy atom. The van der Waals surface area contributed by atoms with Gasteiger partial charge in [-0.3, -0.25) is 10.1 Å². The van der Waals surface area contributed by atoms with Crippen LogP contribution >= 0.6 is 0 Å². The molecule has 0 spiro atoms. The highest BCUT2D eigenvalue weighted by molar-refractivity contribution is 6.74. The van der Waals surface area contributed by atoms with Crippen molar-refractivity contribution in [1.82, 2.24) is 9.78 Å². The third-order valence-electron chi connectivity index (χ3n) is 5.73. The van der Waals surface area contributed by atoms with Gasteiger partial charge in [-0.2, -0.15) is 0 Å². The van der Waals surface area contributed by atoms with Crippen molar-refractivity contribution in [2.45, 2.75) is 70.6 Å². The molecular formula is C18H31N3O6Si.